The Morgan fingerprint density at radius 3 is 2.64 bits per heavy atom. The topological polar surface area (TPSA) is 46.2 Å². The predicted octanol–water partition coefficient (Wildman–Crippen LogP) is 3.42. The summed E-state index contributed by atoms with van der Waals surface area (Å²) >= 11 is 3.34. The van der Waals surface area contributed by atoms with Crippen molar-refractivity contribution in [2.75, 3.05) is 5.32 Å². The molecular formula is C17H13BrFNO2. The van der Waals surface area contributed by atoms with Crippen LogP contribution in [0.3, 0.4) is 0 Å². The number of amides is 1. The molecule has 0 aliphatic carbocycles. The van der Waals surface area contributed by atoms with Gasteiger partial charge in [0.1, 0.15) is 5.41 Å². The van der Waals surface area contributed by atoms with Crippen LogP contribution in [-0.4, -0.2) is 18.4 Å². The molecule has 0 spiro atoms. The van der Waals surface area contributed by atoms with Crippen molar-refractivity contribution in [2.45, 2.75) is 18.0 Å². The molecule has 112 valence electrons. The van der Waals surface area contributed by atoms with Gasteiger partial charge in [0, 0.05) is 10.2 Å². The van der Waals surface area contributed by atoms with E-state index in [1.807, 2.05) is 30.3 Å². The highest BCUT2D eigenvalue weighted by Crippen LogP contribution is 2.44. The largest absolute Gasteiger partial charge is 0.325 e. The first-order valence-electron chi connectivity index (χ1n) is 6.82. The molecule has 1 N–H and O–H groups in total. The van der Waals surface area contributed by atoms with Crippen molar-refractivity contribution in [3.8, 4) is 0 Å². The number of fused-ring (bicyclic) bond motifs is 1. The Balaban J connectivity index is 2.17. The van der Waals surface area contributed by atoms with Crippen LogP contribution in [0.1, 0.15) is 11.1 Å². The van der Waals surface area contributed by atoms with E-state index in [0.717, 1.165) is 10.0 Å². The third kappa shape index (κ3) is 2.25. The van der Waals surface area contributed by atoms with Crippen LogP contribution in [0, 0.1) is 0 Å². The molecule has 0 bridgehead atoms. The van der Waals surface area contributed by atoms with Gasteiger partial charge in [-0.05, 0) is 35.7 Å². The third-order valence-electron chi connectivity index (χ3n) is 4.03. The molecule has 1 aliphatic heterocycles. The summed E-state index contributed by atoms with van der Waals surface area (Å²) in [6.45, 7) is 0. The summed E-state index contributed by atoms with van der Waals surface area (Å²) < 4.78 is 15.3. The quantitative estimate of drug-likeness (QED) is 0.848. The van der Waals surface area contributed by atoms with E-state index in [1.165, 1.54) is 0 Å². The number of rotatable bonds is 4. The number of anilines is 1. The third-order valence-corrected chi connectivity index (χ3v) is 4.52. The Morgan fingerprint density at radius 2 is 1.95 bits per heavy atom. The fraction of sp³-hybridized carbons (Fsp3) is 0.176. The Hall–Kier alpha value is -2.01. The number of hydrogen-bond acceptors (Lipinski definition) is 2. The van der Waals surface area contributed by atoms with Gasteiger partial charge in [-0.25, -0.2) is 4.39 Å². The summed E-state index contributed by atoms with van der Waals surface area (Å²) in [5.74, 6) is -0.482. The second kappa shape index (κ2) is 5.65. The number of benzene rings is 2. The summed E-state index contributed by atoms with van der Waals surface area (Å²) in [7, 11) is 0. The Labute approximate surface area is 135 Å². The number of carbonyl (C=O) groups is 2. The van der Waals surface area contributed by atoms with Crippen LogP contribution >= 0.6 is 15.9 Å². The fourth-order valence-electron chi connectivity index (χ4n) is 2.93. The monoisotopic (exact) mass is 361 g/mol. The van der Waals surface area contributed by atoms with Gasteiger partial charge in [-0.3, -0.25) is 4.79 Å². The summed E-state index contributed by atoms with van der Waals surface area (Å²) in [5.41, 5.74) is 0.335. The number of nitrogens with one attached hydrogen (secondary N) is 1. The van der Waals surface area contributed by atoms with Gasteiger partial charge in [-0.1, -0.05) is 46.3 Å². The average molecular weight is 362 g/mol. The molecular weight excluding hydrogens is 349 g/mol. The Bertz CT molecular complexity index is 735. The summed E-state index contributed by atoms with van der Waals surface area (Å²) in [5, 5.41) is 2.69. The van der Waals surface area contributed by atoms with Gasteiger partial charge in [0.05, 0.1) is 0 Å². The fourth-order valence-corrected chi connectivity index (χ4v) is 3.29. The van der Waals surface area contributed by atoms with Gasteiger partial charge in [0.2, 0.25) is 5.91 Å². The standard InChI is InChI=1S/C17H13BrFNO2/c18-12-6-7-14-13(8-12)17(15(19)10-21,16(22)20-14)9-11-4-2-1-3-5-11/h1-8,10,15H,9H2,(H,20,22)/t15-,17-/m0/s1. The zero-order chi connectivity index (χ0) is 15.7. The van der Waals surface area contributed by atoms with Crippen LogP contribution in [0.25, 0.3) is 0 Å². The van der Waals surface area contributed by atoms with Gasteiger partial charge in [-0.15, -0.1) is 0 Å². The molecule has 2 aromatic carbocycles. The predicted molar refractivity (Wildman–Crippen MR) is 85.6 cm³/mol. The van der Waals surface area contributed by atoms with Gasteiger partial charge in [0.15, 0.2) is 12.5 Å². The smallest absolute Gasteiger partial charge is 0.238 e. The number of halogens is 2. The van der Waals surface area contributed by atoms with Crippen molar-refractivity contribution in [1.82, 2.24) is 0 Å². The first-order valence-corrected chi connectivity index (χ1v) is 7.62. The molecule has 3 rings (SSSR count). The maximum absolute atomic E-state index is 14.6. The molecule has 3 nitrogen and oxygen atoms in total. The van der Waals surface area contributed by atoms with Crippen LogP contribution in [-0.2, 0) is 21.4 Å². The second-order valence-electron chi connectivity index (χ2n) is 5.32. The Morgan fingerprint density at radius 1 is 1.23 bits per heavy atom. The average Bonchev–Trinajstić information content (AvgIpc) is 2.80. The van der Waals surface area contributed by atoms with Gasteiger partial charge in [0.25, 0.3) is 0 Å². The number of aldehydes is 1. The molecule has 0 saturated heterocycles. The van der Waals surface area contributed by atoms with Crippen LogP contribution in [0.5, 0.6) is 0 Å². The minimum absolute atomic E-state index is 0.128. The molecule has 0 unspecified atom stereocenters. The summed E-state index contributed by atoms with van der Waals surface area (Å²) in [4.78, 5) is 23.7. The number of carbonyl (C=O) groups excluding carboxylic acids is 2. The van der Waals surface area contributed by atoms with E-state index in [0.29, 0.717) is 11.3 Å². The zero-order valence-electron chi connectivity index (χ0n) is 11.6. The lowest BCUT2D eigenvalue weighted by molar-refractivity contribution is -0.127. The maximum Gasteiger partial charge on any atom is 0.238 e. The highest BCUT2D eigenvalue weighted by atomic mass is 79.9. The van der Waals surface area contributed by atoms with E-state index in [2.05, 4.69) is 21.2 Å². The van der Waals surface area contributed by atoms with E-state index in [1.54, 1.807) is 18.2 Å². The SMILES string of the molecule is O=C[C@H](F)[C@@]1(Cc2ccccc2)C(=O)Nc2ccc(Br)cc21. The first kappa shape index (κ1) is 14.9. The lowest BCUT2D eigenvalue weighted by Gasteiger charge is -2.28. The zero-order valence-corrected chi connectivity index (χ0v) is 13.1. The normalized spacial score (nSPS) is 21.1. The highest BCUT2D eigenvalue weighted by Gasteiger charge is 2.53. The molecule has 1 amide bonds. The van der Waals surface area contributed by atoms with Crippen LogP contribution < -0.4 is 5.32 Å². The van der Waals surface area contributed by atoms with Crippen molar-refractivity contribution in [1.29, 1.82) is 0 Å². The molecule has 1 aliphatic rings. The summed E-state index contributed by atoms with van der Waals surface area (Å²) in [6.07, 6.45) is -1.58. The molecule has 0 aromatic heterocycles. The number of hydrogen-bond donors (Lipinski definition) is 1. The van der Waals surface area contributed by atoms with Gasteiger partial charge < -0.3 is 10.1 Å². The molecule has 2 aromatic rings. The van der Waals surface area contributed by atoms with E-state index in [-0.39, 0.29) is 12.7 Å². The number of alkyl halides is 1. The molecule has 22 heavy (non-hydrogen) atoms. The lowest BCUT2D eigenvalue weighted by atomic mass is 9.73. The van der Waals surface area contributed by atoms with Crippen molar-refractivity contribution in [3.63, 3.8) is 0 Å². The van der Waals surface area contributed by atoms with Crippen molar-refractivity contribution >= 4 is 33.8 Å². The van der Waals surface area contributed by atoms with E-state index in [9.17, 15) is 14.0 Å². The van der Waals surface area contributed by atoms with E-state index < -0.39 is 17.5 Å². The molecule has 5 heteroatoms. The highest BCUT2D eigenvalue weighted by molar-refractivity contribution is 9.10. The summed E-state index contributed by atoms with van der Waals surface area (Å²) in [6, 6.07) is 14.3. The van der Waals surface area contributed by atoms with Crippen molar-refractivity contribution in [2.24, 2.45) is 0 Å². The maximum atomic E-state index is 14.6. The molecule has 0 saturated carbocycles. The van der Waals surface area contributed by atoms with Crippen molar-refractivity contribution < 1.29 is 14.0 Å². The molecule has 0 radical (unpaired) electrons. The van der Waals surface area contributed by atoms with Crippen molar-refractivity contribution in [3.05, 3.63) is 64.1 Å². The van der Waals surface area contributed by atoms with E-state index in [4.69, 9.17) is 0 Å². The molecule has 2 atom stereocenters. The van der Waals surface area contributed by atoms with Gasteiger partial charge >= 0.3 is 0 Å². The minimum Gasteiger partial charge on any atom is -0.325 e. The lowest BCUT2D eigenvalue weighted by Crippen LogP contribution is -2.46. The van der Waals surface area contributed by atoms with Crippen LogP contribution in [0.2, 0.25) is 0 Å². The Kier molecular flexibility index (Phi) is 3.83. The van der Waals surface area contributed by atoms with Gasteiger partial charge in [-0.2, -0.15) is 0 Å². The van der Waals surface area contributed by atoms with E-state index >= 15 is 0 Å². The van der Waals surface area contributed by atoms with Crippen LogP contribution in [0.15, 0.2) is 53.0 Å². The van der Waals surface area contributed by atoms with Crippen LogP contribution in [0.4, 0.5) is 10.1 Å². The second-order valence-corrected chi connectivity index (χ2v) is 6.23. The molecule has 1 heterocycles. The molecule has 0 fully saturated rings. The minimum atomic E-state index is -1.91. The first-order chi connectivity index (χ1) is 10.6.